The molecule has 0 heterocycles. The second-order valence-electron chi connectivity index (χ2n) is 13.8. The van der Waals surface area contributed by atoms with Gasteiger partial charge in [-0.15, -0.1) is 0 Å². The number of likely N-dealkylation sites (N-methyl/N-ethyl adjacent to an activating group) is 1. The van der Waals surface area contributed by atoms with Gasteiger partial charge in [0.1, 0.15) is 6.61 Å². The zero-order chi connectivity index (χ0) is 38.4. The molecule has 0 aromatic heterocycles. The summed E-state index contributed by atoms with van der Waals surface area (Å²) in [5.74, 6) is -0.832. The maximum atomic E-state index is 12.6. The van der Waals surface area contributed by atoms with Crippen molar-refractivity contribution >= 4 is 19.8 Å². The molecular formula is C42H76NO8P. The molecule has 0 aliphatic heterocycles. The van der Waals surface area contributed by atoms with Crippen molar-refractivity contribution in [1.82, 2.24) is 4.90 Å². The smallest absolute Gasteiger partial charge is 0.462 e. The van der Waals surface area contributed by atoms with Crippen molar-refractivity contribution in [2.75, 3.05) is 40.5 Å². The minimum atomic E-state index is -4.36. The average Bonchev–Trinajstić information content (AvgIpc) is 3.11. The molecule has 0 saturated carbocycles. The highest BCUT2D eigenvalue weighted by Crippen LogP contribution is 2.43. The van der Waals surface area contributed by atoms with E-state index in [0.717, 1.165) is 64.2 Å². The van der Waals surface area contributed by atoms with Crippen LogP contribution in [-0.2, 0) is 32.7 Å². The number of allylic oxidation sites excluding steroid dienone is 8. The number of esters is 2. The minimum Gasteiger partial charge on any atom is -0.462 e. The summed E-state index contributed by atoms with van der Waals surface area (Å²) in [5.41, 5.74) is 0. The predicted octanol–water partition coefficient (Wildman–Crippen LogP) is 11.4. The molecule has 2 unspecified atom stereocenters. The molecule has 0 aliphatic rings. The lowest BCUT2D eigenvalue weighted by Crippen LogP contribution is -2.29. The Kier molecular flexibility index (Phi) is 35.8. The Morgan fingerprint density at radius 2 is 1.10 bits per heavy atom. The van der Waals surface area contributed by atoms with Gasteiger partial charge >= 0.3 is 19.8 Å². The molecule has 0 radical (unpaired) electrons. The van der Waals surface area contributed by atoms with E-state index in [9.17, 15) is 19.0 Å². The average molecular weight is 754 g/mol. The summed E-state index contributed by atoms with van der Waals surface area (Å²) in [5, 5.41) is 0. The molecule has 0 spiro atoms. The molecule has 9 nitrogen and oxygen atoms in total. The summed E-state index contributed by atoms with van der Waals surface area (Å²) < 4.78 is 33.4. The van der Waals surface area contributed by atoms with Crippen molar-refractivity contribution in [1.29, 1.82) is 0 Å². The lowest BCUT2D eigenvalue weighted by Gasteiger charge is -2.20. The van der Waals surface area contributed by atoms with Crippen LogP contribution >= 0.6 is 7.82 Å². The number of carbonyl (C=O) groups is 2. The zero-order valence-corrected chi connectivity index (χ0v) is 34.4. The minimum absolute atomic E-state index is 0.00260. The normalized spacial score (nSPS) is 14.0. The molecule has 0 saturated heterocycles. The van der Waals surface area contributed by atoms with E-state index in [-0.39, 0.29) is 26.1 Å². The van der Waals surface area contributed by atoms with Gasteiger partial charge in [-0.1, -0.05) is 146 Å². The molecule has 2 atom stereocenters. The van der Waals surface area contributed by atoms with E-state index in [1.807, 2.05) is 19.0 Å². The monoisotopic (exact) mass is 754 g/mol. The standard InChI is InChI=1S/C42H76NO8P/c1-5-7-9-11-13-15-17-19-20-21-22-23-25-26-28-30-32-34-41(44)48-38-40(39-50-52(46,47)49-37-36-43(3)4)51-42(45)35-33-31-29-27-24-18-16-14-12-10-8-6-2/h7,9,13,15,19-20,22-23,40H,5-6,8,10-12,14,16-18,21,24-39H2,1-4H3,(H,46,47)/b9-7-,15-13-,20-19-,23-22-. The first-order chi connectivity index (χ1) is 25.2. The highest BCUT2D eigenvalue weighted by Gasteiger charge is 2.26. The molecular weight excluding hydrogens is 677 g/mol. The van der Waals surface area contributed by atoms with E-state index < -0.39 is 32.5 Å². The first-order valence-electron chi connectivity index (χ1n) is 20.4. The Bertz CT molecular complexity index is 1010. The first-order valence-corrected chi connectivity index (χ1v) is 21.9. The molecule has 1 N–H and O–H groups in total. The maximum absolute atomic E-state index is 12.6. The van der Waals surface area contributed by atoms with E-state index in [0.29, 0.717) is 19.4 Å². The summed E-state index contributed by atoms with van der Waals surface area (Å²) in [6.07, 6.45) is 40.1. The number of hydrogen-bond acceptors (Lipinski definition) is 8. The number of carbonyl (C=O) groups excluding carboxylic acids is 2. The predicted molar refractivity (Wildman–Crippen MR) is 215 cm³/mol. The van der Waals surface area contributed by atoms with Crippen LogP contribution in [0.5, 0.6) is 0 Å². The van der Waals surface area contributed by atoms with Gasteiger partial charge in [0.15, 0.2) is 6.10 Å². The summed E-state index contributed by atoms with van der Waals surface area (Å²) in [6, 6.07) is 0. The number of nitrogens with zero attached hydrogens (tertiary/aromatic N) is 1. The Morgan fingerprint density at radius 3 is 1.63 bits per heavy atom. The van der Waals surface area contributed by atoms with Gasteiger partial charge in [-0.05, 0) is 65.5 Å². The number of phosphoric acid groups is 1. The summed E-state index contributed by atoms with van der Waals surface area (Å²) in [7, 11) is -0.723. The van der Waals surface area contributed by atoms with Crippen LogP contribution in [0.2, 0.25) is 0 Å². The number of ether oxygens (including phenoxy) is 2. The van der Waals surface area contributed by atoms with Crippen molar-refractivity contribution in [3.05, 3.63) is 48.6 Å². The molecule has 0 bridgehead atoms. The third kappa shape index (κ3) is 37.7. The van der Waals surface area contributed by atoms with Crippen LogP contribution in [0.4, 0.5) is 0 Å². The highest BCUT2D eigenvalue weighted by molar-refractivity contribution is 7.47. The number of hydrogen-bond donors (Lipinski definition) is 1. The van der Waals surface area contributed by atoms with Gasteiger partial charge in [-0.25, -0.2) is 4.57 Å². The van der Waals surface area contributed by atoms with Gasteiger partial charge < -0.3 is 19.3 Å². The van der Waals surface area contributed by atoms with Gasteiger partial charge in [-0.3, -0.25) is 18.6 Å². The van der Waals surface area contributed by atoms with Gasteiger partial charge in [0.05, 0.1) is 13.2 Å². The number of rotatable bonds is 37. The van der Waals surface area contributed by atoms with E-state index in [1.165, 1.54) is 57.8 Å². The first kappa shape index (κ1) is 50.0. The number of unbranched alkanes of at least 4 members (excludes halogenated alkanes) is 15. The van der Waals surface area contributed by atoms with Crippen LogP contribution in [0.15, 0.2) is 48.6 Å². The molecule has 0 rings (SSSR count). The summed E-state index contributed by atoms with van der Waals surface area (Å²) in [6.45, 7) is 4.16. The highest BCUT2D eigenvalue weighted by atomic mass is 31.2. The lowest BCUT2D eigenvalue weighted by atomic mass is 10.0. The van der Waals surface area contributed by atoms with Crippen LogP contribution in [0.3, 0.4) is 0 Å². The fourth-order valence-electron chi connectivity index (χ4n) is 5.27. The Hall–Kier alpha value is -2.03. The Morgan fingerprint density at radius 1 is 0.615 bits per heavy atom. The summed E-state index contributed by atoms with van der Waals surface area (Å²) >= 11 is 0. The van der Waals surface area contributed by atoms with Crippen LogP contribution in [0.1, 0.15) is 162 Å². The maximum Gasteiger partial charge on any atom is 0.472 e. The Labute approximate surface area is 318 Å². The molecule has 0 fully saturated rings. The van der Waals surface area contributed by atoms with Crippen LogP contribution < -0.4 is 0 Å². The van der Waals surface area contributed by atoms with Gasteiger partial charge in [0.25, 0.3) is 0 Å². The topological polar surface area (TPSA) is 112 Å². The quantitative estimate of drug-likeness (QED) is 0.0287. The molecule has 0 aromatic carbocycles. The van der Waals surface area contributed by atoms with E-state index in [1.54, 1.807) is 0 Å². The fraction of sp³-hybridized carbons (Fsp3) is 0.762. The second kappa shape index (κ2) is 37.3. The summed E-state index contributed by atoms with van der Waals surface area (Å²) in [4.78, 5) is 36.9. The largest absolute Gasteiger partial charge is 0.472 e. The van der Waals surface area contributed by atoms with Crippen molar-refractivity contribution in [2.24, 2.45) is 0 Å². The molecule has 10 heteroatoms. The Balaban J connectivity index is 4.36. The van der Waals surface area contributed by atoms with E-state index >= 15 is 0 Å². The second-order valence-corrected chi connectivity index (χ2v) is 15.2. The number of phosphoric ester groups is 1. The van der Waals surface area contributed by atoms with Crippen LogP contribution in [0.25, 0.3) is 0 Å². The fourth-order valence-corrected chi connectivity index (χ4v) is 6.01. The third-order valence-electron chi connectivity index (χ3n) is 8.40. The van der Waals surface area contributed by atoms with E-state index in [4.69, 9.17) is 18.5 Å². The van der Waals surface area contributed by atoms with Gasteiger partial charge in [0, 0.05) is 19.4 Å². The van der Waals surface area contributed by atoms with Gasteiger partial charge in [-0.2, -0.15) is 0 Å². The van der Waals surface area contributed by atoms with E-state index in [2.05, 4.69) is 62.5 Å². The molecule has 0 aromatic rings. The molecule has 52 heavy (non-hydrogen) atoms. The van der Waals surface area contributed by atoms with Crippen molar-refractivity contribution < 1.29 is 37.6 Å². The van der Waals surface area contributed by atoms with Crippen molar-refractivity contribution in [2.45, 2.75) is 168 Å². The van der Waals surface area contributed by atoms with Crippen molar-refractivity contribution in [3.63, 3.8) is 0 Å². The zero-order valence-electron chi connectivity index (χ0n) is 33.5. The van der Waals surface area contributed by atoms with Crippen LogP contribution in [0, 0.1) is 0 Å². The van der Waals surface area contributed by atoms with Crippen LogP contribution in [-0.4, -0.2) is 68.3 Å². The molecule has 302 valence electrons. The lowest BCUT2D eigenvalue weighted by molar-refractivity contribution is -0.161. The molecule has 0 amide bonds. The molecule has 0 aliphatic carbocycles. The third-order valence-corrected chi connectivity index (χ3v) is 9.38. The van der Waals surface area contributed by atoms with Crippen molar-refractivity contribution in [3.8, 4) is 0 Å². The van der Waals surface area contributed by atoms with Gasteiger partial charge in [0.2, 0.25) is 0 Å². The SMILES string of the molecule is CC/C=C\C/C=C\C/C=C\C/C=C\CCCCCCC(=O)OCC(COP(=O)(O)OCCN(C)C)OC(=O)CCCCCCCCCCCCCC.